The number of hydrogen-bond donors (Lipinski definition) is 0. The molecule has 1 heterocycles. The minimum Gasteiger partial charge on any atom is -0.267 e. The molecule has 1 atom stereocenters. The van der Waals surface area contributed by atoms with Crippen molar-refractivity contribution in [1.29, 1.82) is 0 Å². The van der Waals surface area contributed by atoms with Crippen LogP contribution in [0.2, 0.25) is 0 Å². The van der Waals surface area contributed by atoms with E-state index in [1.807, 2.05) is 6.07 Å². The topological polar surface area (TPSA) is 32.7 Å². The summed E-state index contributed by atoms with van der Waals surface area (Å²) in [6.45, 7) is 0. The molecule has 134 valence electrons. The van der Waals surface area contributed by atoms with Crippen LogP contribution in [-0.2, 0) is 0 Å². The van der Waals surface area contributed by atoms with Crippen molar-refractivity contribution in [3.8, 4) is 0 Å². The van der Waals surface area contributed by atoms with E-state index in [1.54, 1.807) is 48.5 Å². The van der Waals surface area contributed by atoms with E-state index in [4.69, 9.17) is 0 Å². The molecule has 0 bridgehead atoms. The third kappa shape index (κ3) is 3.49. The molecule has 0 unspecified atom stereocenters. The van der Waals surface area contributed by atoms with Crippen LogP contribution in [0.25, 0.3) is 0 Å². The molecule has 3 aromatic carbocycles. The standard InChI is InChI=1S/C22H16F2N2O/c23-18-10-6-15(7-11-18)20-14-21(16-8-12-19(24)13-9-16)26(25-20)22(27)17-4-2-1-3-5-17/h1-13,21H,14H2/t21-/m0/s1. The summed E-state index contributed by atoms with van der Waals surface area (Å²) in [5, 5.41) is 5.96. The van der Waals surface area contributed by atoms with Crippen molar-refractivity contribution in [2.75, 3.05) is 0 Å². The zero-order valence-electron chi connectivity index (χ0n) is 14.3. The van der Waals surface area contributed by atoms with Gasteiger partial charge >= 0.3 is 0 Å². The van der Waals surface area contributed by atoms with E-state index in [2.05, 4.69) is 5.10 Å². The maximum atomic E-state index is 13.3. The van der Waals surface area contributed by atoms with Crippen LogP contribution in [0, 0.1) is 11.6 Å². The summed E-state index contributed by atoms with van der Waals surface area (Å²) in [7, 11) is 0. The van der Waals surface area contributed by atoms with Gasteiger partial charge in [0.05, 0.1) is 11.8 Å². The minimum atomic E-state index is -0.349. The van der Waals surface area contributed by atoms with E-state index in [1.165, 1.54) is 29.3 Å². The molecular weight excluding hydrogens is 346 g/mol. The van der Waals surface area contributed by atoms with Gasteiger partial charge in [-0.2, -0.15) is 5.10 Å². The molecule has 0 saturated carbocycles. The van der Waals surface area contributed by atoms with Gasteiger partial charge in [0.25, 0.3) is 5.91 Å². The molecule has 1 amide bonds. The molecule has 0 aliphatic carbocycles. The number of hydrazone groups is 1. The summed E-state index contributed by atoms with van der Waals surface area (Å²) in [5.74, 6) is -0.899. The smallest absolute Gasteiger partial charge is 0.267 e. The van der Waals surface area contributed by atoms with E-state index in [0.29, 0.717) is 17.7 Å². The first-order chi connectivity index (χ1) is 13.1. The molecule has 0 spiro atoms. The summed E-state index contributed by atoms with van der Waals surface area (Å²) in [5.41, 5.74) is 2.76. The number of benzene rings is 3. The number of nitrogens with zero attached hydrogens (tertiary/aromatic N) is 2. The first kappa shape index (κ1) is 17.1. The van der Waals surface area contributed by atoms with Crippen molar-refractivity contribution in [3.05, 3.63) is 107 Å². The Morgan fingerprint density at radius 3 is 2.07 bits per heavy atom. The number of halogens is 2. The monoisotopic (exact) mass is 362 g/mol. The highest BCUT2D eigenvalue weighted by atomic mass is 19.1. The molecule has 0 radical (unpaired) electrons. The number of amides is 1. The molecule has 1 aliphatic rings. The Labute approximate surface area is 155 Å². The normalized spacial score (nSPS) is 16.3. The fourth-order valence-corrected chi connectivity index (χ4v) is 3.17. The van der Waals surface area contributed by atoms with Gasteiger partial charge in [-0.15, -0.1) is 0 Å². The van der Waals surface area contributed by atoms with Crippen molar-refractivity contribution >= 4 is 11.6 Å². The van der Waals surface area contributed by atoms with E-state index in [0.717, 1.165) is 11.1 Å². The summed E-state index contributed by atoms with van der Waals surface area (Å²) >= 11 is 0. The number of carbonyl (C=O) groups excluding carboxylic acids is 1. The quantitative estimate of drug-likeness (QED) is 0.648. The van der Waals surface area contributed by atoms with Crippen LogP contribution in [0.1, 0.15) is 33.9 Å². The highest BCUT2D eigenvalue weighted by Gasteiger charge is 2.33. The lowest BCUT2D eigenvalue weighted by Gasteiger charge is -2.22. The fraction of sp³-hybridized carbons (Fsp3) is 0.0909. The Morgan fingerprint density at radius 1 is 0.852 bits per heavy atom. The third-order valence-corrected chi connectivity index (χ3v) is 4.57. The van der Waals surface area contributed by atoms with Gasteiger partial charge in [-0.05, 0) is 47.5 Å². The van der Waals surface area contributed by atoms with Gasteiger partial charge in [0, 0.05) is 12.0 Å². The van der Waals surface area contributed by atoms with Crippen LogP contribution in [-0.4, -0.2) is 16.6 Å². The van der Waals surface area contributed by atoms with Gasteiger partial charge in [-0.3, -0.25) is 4.79 Å². The SMILES string of the molecule is O=C(c1ccccc1)N1N=C(c2ccc(F)cc2)C[C@H]1c1ccc(F)cc1. The molecule has 0 N–H and O–H groups in total. The maximum absolute atomic E-state index is 13.3. The summed E-state index contributed by atoms with van der Waals surface area (Å²) in [6, 6.07) is 20.6. The fourth-order valence-electron chi connectivity index (χ4n) is 3.17. The third-order valence-electron chi connectivity index (χ3n) is 4.57. The van der Waals surface area contributed by atoms with Gasteiger partial charge in [0.15, 0.2) is 0 Å². The van der Waals surface area contributed by atoms with E-state index < -0.39 is 0 Å². The summed E-state index contributed by atoms with van der Waals surface area (Å²) < 4.78 is 26.6. The lowest BCUT2D eigenvalue weighted by Crippen LogP contribution is -2.27. The number of hydrogen-bond acceptors (Lipinski definition) is 2. The first-order valence-corrected chi connectivity index (χ1v) is 8.59. The summed E-state index contributed by atoms with van der Waals surface area (Å²) in [6.07, 6.45) is 0.468. The predicted octanol–water partition coefficient (Wildman–Crippen LogP) is 4.96. The summed E-state index contributed by atoms with van der Waals surface area (Å²) in [4.78, 5) is 13.0. The highest BCUT2D eigenvalue weighted by molar-refractivity contribution is 6.05. The van der Waals surface area contributed by atoms with Crippen LogP contribution >= 0.6 is 0 Å². The Morgan fingerprint density at radius 2 is 1.44 bits per heavy atom. The molecule has 4 rings (SSSR count). The van der Waals surface area contributed by atoms with Crippen LogP contribution < -0.4 is 0 Å². The molecule has 5 heteroatoms. The average Bonchev–Trinajstić information content (AvgIpc) is 3.14. The Hall–Kier alpha value is -3.34. The predicted molar refractivity (Wildman–Crippen MR) is 99.3 cm³/mol. The molecule has 1 aliphatic heterocycles. The highest BCUT2D eigenvalue weighted by Crippen LogP contribution is 2.34. The van der Waals surface area contributed by atoms with Gasteiger partial charge in [-0.25, -0.2) is 13.8 Å². The molecular formula is C22H16F2N2O. The van der Waals surface area contributed by atoms with Gasteiger partial charge in [0.1, 0.15) is 11.6 Å². The van der Waals surface area contributed by atoms with Crippen molar-refractivity contribution in [3.63, 3.8) is 0 Å². The second kappa shape index (κ2) is 7.11. The minimum absolute atomic E-state index is 0.234. The van der Waals surface area contributed by atoms with Crippen molar-refractivity contribution in [2.45, 2.75) is 12.5 Å². The van der Waals surface area contributed by atoms with Crippen LogP contribution in [0.15, 0.2) is 84.0 Å². The lowest BCUT2D eigenvalue weighted by molar-refractivity contribution is 0.0711. The number of rotatable bonds is 3. The second-order valence-corrected chi connectivity index (χ2v) is 6.34. The molecule has 0 saturated heterocycles. The van der Waals surface area contributed by atoms with E-state index >= 15 is 0 Å². The first-order valence-electron chi connectivity index (χ1n) is 8.59. The maximum Gasteiger partial charge on any atom is 0.274 e. The second-order valence-electron chi connectivity index (χ2n) is 6.34. The molecule has 0 fully saturated rings. The average molecular weight is 362 g/mol. The Kier molecular flexibility index (Phi) is 4.50. The van der Waals surface area contributed by atoms with Crippen LogP contribution in [0.5, 0.6) is 0 Å². The van der Waals surface area contributed by atoms with E-state index in [9.17, 15) is 13.6 Å². The largest absolute Gasteiger partial charge is 0.274 e. The van der Waals surface area contributed by atoms with Gasteiger partial charge < -0.3 is 0 Å². The van der Waals surface area contributed by atoms with Crippen LogP contribution in [0.4, 0.5) is 8.78 Å². The van der Waals surface area contributed by atoms with Crippen molar-refractivity contribution in [2.24, 2.45) is 5.10 Å². The zero-order valence-corrected chi connectivity index (χ0v) is 14.3. The van der Waals surface area contributed by atoms with Crippen molar-refractivity contribution < 1.29 is 13.6 Å². The van der Waals surface area contributed by atoms with Crippen LogP contribution in [0.3, 0.4) is 0 Å². The zero-order chi connectivity index (χ0) is 18.8. The van der Waals surface area contributed by atoms with E-state index in [-0.39, 0.29) is 23.6 Å². The van der Waals surface area contributed by atoms with Gasteiger partial charge in [-0.1, -0.05) is 42.5 Å². The van der Waals surface area contributed by atoms with Gasteiger partial charge in [0.2, 0.25) is 0 Å². The molecule has 27 heavy (non-hydrogen) atoms. The molecule has 0 aromatic heterocycles. The lowest BCUT2D eigenvalue weighted by atomic mass is 9.98. The van der Waals surface area contributed by atoms with Crippen molar-refractivity contribution in [1.82, 2.24) is 5.01 Å². The Bertz CT molecular complexity index is 983. The molecule has 3 nitrogen and oxygen atoms in total. The Balaban J connectivity index is 1.72. The number of carbonyl (C=O) groups is 1. The molecule has 3 aromatic rings.